The topological polar surface area (TPSA) is 35.6 Å². The molecule has 1 aromatic heterocycles. The van der Waals surface area contributed by atoms with Crippen LogP contribution in [0.4, 0.5) is 0 Å². The van der Waals surface area contributed by atoms with Gasteiger partial charge in [-0.3, -0.25) is 15.0 Å². The summed E-state index contributed by atoms with van der Waals surface area (Å²) in [6.45, 7) is 4.74. The largest absolute Gasteiger partial charge is 0.339 e. The fourth-order valence-corrected chi connectivity index (χ4v) is 4.20. The smallest absolute Gasteiger partial charge is 0.240 e. The van der Waals surface area contributed by atoms with Crippen molar-refractivity contribution < 1.29 is 4.79 Å². The Morgan fingerprint density at radius 1 is 1.37 bits per heavy atom. The van der Waals surface area contributed by atoms with Gasteiger partial charge >= 0.3 is 0 Å². The van der Waals surface area contributed by atoms with Gasteiger partial charge in [0.2, 0.25) is 5.91 Å². The second kappa shape index (κ2) is 6.26. The molecule has 104 valence electrons. The molecule has 1 N–H and O–H groups in total. The maximum atomic E-state index is 12.3. The molecule has 2 saturated heterocycles. The van der Waals surface area contributed by atoms with Gasteiger partial charge in [-0.15, -0.1) is 23.1 Å². The monoisotopic (exact) mass is 297 g/mol. The minimum atomic E-state index is 0.0499. The van der Waals surface area contributed by atoms with Crippen molar-refractivity contribution in [2.75, 3.05) is 37.8 Å². The number of nitrogens with one attached hydrogen (secondary N) is 1. The molecule has 2 aliphatic rings. The Morgan fingerprint density at radius 2 is 2.21 bits per heavy atom. The molecule has 19 heavy (non-hydrogen) atoms. The molecule has 0 spiro atoms. The normalized spacial score (nSPS) is 24.8. The summed E-state index contributed by atoms with van der Waals surface area (Å²) in [4.78, 5) is 18.1. The van der Waals surface area contributed by atoms with E-state index < -0.39 is 0 Å². The number of hydrogen-bond donors (Lipinski definition) is 1. The number of amides is 1. The number of thioether (sulfide) groups is 1. The fraction of sp³-hybridized carbons (Fsp3) is 0.615. The van der Waals surface area contributed by atoms with Crippen molar-refractivity contribution in [3.63, 3.8) is 0 Å². The minimum Gasteiger partial charge on any atom is -0.339 e. The lowest BCUT2D eigenvalue weighted by Crippen LogP contribution is -2.53. The number of nitrogens with zero attached hydrogens (tertiary/aromatic N) is 2. The molecule has 6 heteroatoms. The lowest BCUT2D eigenvalue weighted by Gasteiger charge is -2.35. The van der Waals surface area contributed by atoms with Gasteiger partial charge in [0.25, 0.3) is 0 Å². The summed E-state index contributed by atoms with van der Waals surface area (Å²) in [7, 11) is 0. The number of piperazine rings is 1. The Hall–Kier alpha value is -0.560. The molecule has 0 saturated carbocycles. The molecule has 3 rings (SSSR count). The van der Waals surface area contributed by atoms with Crippen molar-refractivity contribution in [1.82, 2.24) is 15.1 Å². The summed E-state index contributed by atoms with van der Waals surface area (Å²) in [6.07, 6.45) is 0. The van der Waals surface area contributed by atoms with Crippen molar-refractivity contribution in [2.24, 2.45) is 0 Å². The van der Waals surface area contributed by atoms with Crippen LogP contribution in [0.1, 0.15) is 4.88 Å². The highest BCUT2D eigenvalue weighted by atomic mass is 32.2. The molecular weight excluding hydrogens is 278 g/mol. The number of carbonyl (C=O) groups is 1. The highest BCUT2D eigenvalue weighted by molar-refractivity contribution is 7.99. The van der Waals surface area contributed by atoms with E-state index in [0.717, 1.165) is 44.4 Å². The first-order chi connectivity index (χ1) is 9.33. The summed E-state index contributed by atoms with van der Waals surface area (Å²) in [5.41, 5.74) is 0. The molecule has 0 aliphatic carbocycles. The molecular formula is C13H19N3OS2. The van der Waals surface area contributed by atoms with Crippen molar-refractivity contribution in [1.29, 1.82) is 0 Å². The Labute approximate surface area is 122 Å². The number of carbonyl (C=O) groups excluding carboxylic acids is 1. The van der Waals surface area contributed by atoms with Crippen molar-refractivity contribution >= 4 is 29.0 Å². The maximum absolute atomic E-state index is 12.3. The third kappa shape index (κ3) is 3.31. The molecule has 1 amide bonds. The lowest BCUT2D eigenvalue weighted by atomic mass is 10.2. The Kier molecular flexibility index (Phi) is 4.42. The number of hydrogen-bond acceptors (Lipinski definition) is 5. The molecule has 0 bridgehead atoms. The van der Waals surface area contributed by atoms with Crippen molar-refractivity contribution in [3.8, 4) is 0 Å². The quantitative estimate of drug-likeness (QED) is 0.905. The lowest BCUT2D eigenvalue weighted by molar-refractivity contribution is -0.134. The van der Waals surface area contributed by atoms with Gasteiger partial charge in [0, 0.05) is 49.2 Å². The Morgan fingerprint density at radius 3 is 2.84 bits per heavy atom. The first kappa shape index (κ1) is 13.4. The summed E-state index contributed by atoms with van der Waals surface area (Å²) < 4.78 is 0. The molecule has 2 fully saturated rings. The first-order valence-corrected chi connectivity index (χ1v) is 8.71. The van der Waals surface area contributed by atoms with Crippen molar-refractivity contribution in [3.05, 3.63) is 22.4 Å². The van der Waals surface area contributed by atoms with Gasteiger partial charge < -0.3 is 4.90 Å². The molecule has 1 unspecified atom stereocenters. The number of rotatable bonds is 3. The van der Waals surface area contributed by atoms with E-state index in [9.17, 15) is 4.79 Å². The average molecular weight is 297 g/mol. The summed E-state index contributed by atoms with van der Waals surface area (Å²) >= 11 is 3.62. The maximum Gasteiger partial charge on any atom is 0.240 e. The second-order valence-corrected chi connectivity index (χ2v) is 7.02. The molecule has 4 nitrogen and oxygen atoms in total. The van der Waals surface area contributed by atoms with E-state index in [4.69, 9.17) is 0 Å². The zero-order valence-corrected chi connectivity index (χ0v) is 12.5. The van der Waals surface area contributed by atoms with Crippen LogP contribution in [0.5, 0.6) is 0 Å². The standard InChI is InChI=1S/C13H19N3OS2/c17-13(12-9-18-10-14-12)16-5-3-15(4-6-16)8-11-2-1-7-19-11/h1-2,7,12,14H,3-6,8-10H2. The summed E-state index contributed by atoms with van der Waals surface area (Å²) in [6, 6.07) is 4.33. The van der Waals surface area contributed by atoms with Gasteiger partial charge in [0.1, 0.15) is 0 Å². The van der Waals surface area contributed by atoms with Crippen LogP contribution in [0.25, 0.3) is 0 Å². The van der Waals surface area contributed by atoms with E-state index >= 15 is 0 Å². The van der Waals surface area contributed by atoms with Crippen LogP contribution in [-0.4, -0.2) is 59.6 Å². The van der Waals surface area contributed by atoms with Crippen LogP contribution < -0.4 is 5.32 Å². The van der Waals surface area contributed by atoms with E-state index in [1.165, 1.54) is 4.88 Å². The highest BCUT2D eigenvalue weighted by Gasteiger charge is 2.29. The molecule has 0 aromatic carbocycles. The zero-order chi connectivity index (χ0) is 13.1. The molecule has 1 atom stereocenters. The van der Waals surface area contributed by atoms with Crippen molar-refractivity contribution in [2.45, 2.75) is 12.6 Å². The van der Waals surface area contributed by atoms with Gasteiger partial charge in [0.05, 0.1) is 6.04 Å². The van der Waals surface area contributed by atoms with Gasteiger partial charge in [-0.1, -0.05) is 6.07 Å². The van der Waals surface area contributed by atoms with Gasteiger partial charge in [-0.2, -0.15) is 0 Å². The average Bonchev–Trinajstić information content (AvgIpc) is 3.12. The molecule has 0 radical (unpaired) electrons. The van der Waals surface area contributed by atoms with Gasteiger partial charge in [-0.25, -0.2) is 0 Å². The zero-order valence-electron chi connectivity index (χ0n) is 10.9. The van der Waals surface area contributed by atoms with Gasteiger partial charge in [0.15, 0.2) is 0 Å². The first-order valence-electron chi connectivity index (χ1n) is 6.67. The van der Waals surface area contributed by atoms with E-state index in [2.05, 4.69) is 27.7 Å². The summed E-state index contributed by atoms with van der Waals surface area (Å²) in [5.74, 6) is 2.13. The SMILES string of the molecule is O=C(C1CSCN1)N1CCN(Cc2cccs2)CC1. The van der Waals surface area contributed by atoms with Crippen LogP contribution in [0, 0.1) is 0 Å². The predicted octanol–water partition coefficient (Wildman–Crippen LogP) is 1.05. The molecule has 3 heterocycles. The van der Waals surface area contributed by atoms with E-state index in [0.29, 0.717) is 5.91 Å². The van der Waals surface area contributed by atoms with E-state index in [-0.39, 0.29) is 6.04 Å². The van der Waals surface area contributed by atoms with Crippen LogP contribution in [-0.2, 0) is 11.3 Å². The predicted molar refractivity (Wildman–Crippen MR) is 80.4 cm³/mol. The van der Waals surface area contributed by atoms with E-state index in [1.54, 1.807) is 0 Å². The van der Waals surface area contributed by atoms with E-state index in [1.807, 2.05) is 28.0 Å². The minimum absolute atomic E-state index is 0.0499. The fourth-order valence-electron chi connectivity index (χ4n) is 2.52. The van der Waals surface area contributed by atoms with Crippen LogP contribution >= 0.6 is 23.1 Å². The Balaban J connectivity index is 1.47. The van der Waals surface area contributed by atoms with Crippen LogP contribution in [0.3, 0.4) is 0 Å². The Bertz CT molecular complexity index is 410. The molecule has 2 aliphatic heterocycles. The highest BCUT2D eigenvalue weighted by Crippen LogP contribution is 2.16. The second-order valence-electron chi connectivity index (χ2n) is 4.95. The van der Waals surface area contributed by atoms with Crippen LogP contribution in [0.2, 0.25) is 0 Å². The van der Waals surface area contributed by atoms with Gasteiger partial charge in [-0.05, 0) is 11.4 Å². The number of thiophene rings is 1. The summed E-state index contributed by atoms with van der Waals surface area (Å²) in [5, 5.41) is 5.38. The van der Waals surface area contributed by atoms with Crippen LogP contribution in [0.15, 0.2) is 17.5 Å². The molecule has 1 aromatic rings. The third-order valence-corrected chi connectivity index (χ3v) is 5.46. The third-order valence-electron chi connectivity index (χ3n) is 3.66.